The second kappa shape index (κ2) is 34.4. The maximum atomic E-state index is 4.28. The van der Waals surface area contributed by atoms with Gasteiger partial charge in [0.05, 0.1) is 8.07 Å². The number of anilines is 3. The third kappa shape index (κ3) is 17.4. The molecule has 20 rings (SSSR count). The minimum absolute atomic E-state index is 0.874. The van der Waals surface area contributed by atoms with Crippen molar-refractivity contribution in [1.29, 1.82) is 0 Å². The molecule has 4 nitrogen and oxygen atoms in total. The zero-order valence-corrected chi connectivity index (χ0v) is 66.2. The fraction of sp³-hybridized carbons (Fsp3) is 0.0943. The number of para-hydroxylation sites is 3. The Morgan fingerprint density at radius 3 is 1.21 bits per heavy atom. The Hall–Kier alpha value is -13.1. The van der Waals surface area contributed by atoms with Gasteiger partial charge < -0.3 is 4.90 Å². The molecule has 0 fully saturated rings. The third-order valence-electron chi connectivity index (χ3n) is 20.6. The quantitative estimate of drug-likeness (QED) is 0.123. The number of nitrogens with zero attached hydrogens (tertiary/aromatic N) is 4. The second-order valence-electron chi connectivity index (χ2n) is 29.8. The molecule has 0 aliphatic heterocycles. The van der Waals surface area contributed by atoms with Gasteiger partial charge in [0.1, 0.15) is 5.82 Å². The van der Waals surface area contributed by atoms with Crippen molar-refractivity contribution in [2.24, 2.45) is 0 Å². The first kappa shape index (κ1) is 74.8. The van der Waals surface area contributed by atoms with E-state index >= 15 is 0 Å². The van der Waals surface area contributed by atoms with Crippen LogP contribution in [0.1, 0.15) is 39.2 Å². The smallest absolute Gasteiger partial charge is 0.168 e. The molecule has 0 bridgehead atoms. The van der Waals surface area contributed by atoms with E-state index in [1.807, 2.05) is 67.6 Å². The Bertz CT molecular complexity index is 6400. The first-order chi connectivity index (χ1) is 54.1. The average molecular weight is 1450 g/mol. The van der Waals surface area contributed by atoms with Crippen LogP contribution in [0.5, 0.6) is 0 Å². The lowest BCUT2D eigenvalue weighted by molar-refractivity contribution is 0.972. The van der Waals surface area contributed by atoms with Crippen LogP contribution >= 0.6 is 0 Å². The van der Waals surface area contributed by atoms with Crippen LogP contribution in [0.25, 0.3) is 114 Å². The number of aromatic nitrogens is 3. The minimum atomic E-state index is -1.06. The van der Waals surface area contributed by atoms with Crippen molar-refractivity contribution in [2.75, 3.05) is 4.90 Å². The van der Waals surface area contributed by atoms with E-state index in [4.69, 9.17) is 0 Å². The highest BCUT2D eigenvalue weighted by molar-refractivity contribution is 6.88. The molecule has 0 aliphatic carbocycles. The fourth-order valence-corrected chi connectivity index (χ4v) is 16.0. The van der Waals surface area contributed by atoms with Gasteiger partial charge in [-0.3, -0.25) is 4.57 Å². The summed E-state index contributed by atoms with van der Waals surface area (Å²) in [7, 11) is -1.06. The van der Waals surface area contributed by atoms with Gasteiger partial charge in [-0.05, 0) is 205 Å². The highest BCUT2D eigenvalue weighted by atomic mass is 28.3. The number of rotatable bonds is 6. The molecule has 111 heavy (non-hydrogen) atoms. The molecule has 542 valence electrons. The molecule has 1 heterocycles. The van der Waals surface area contributed by atoms with E-state index in [-0.39, 0.29) is 0 Å². The van der Waals surface area contributed by atoms with Crippen LogP contribution in [0.3, 0.4) is 0 Å². The van der Waals surface area contributed by atoms with Gasteiger partial charge in [-0.25, -0.2) is 0 Å². The highest BCUT2D eigenvalue weighted by Gasteiger charge is 2.17. The van der Waals surface area contributed by atoms with Crippen LogP contribution in [0.15, 0.2) is 388 Å². The predicted octanol–water partition coefficient (Wildman–Crippen LogP) is 29.0. The Labute approximate surface area is 655 Å². The first-order valence-electron chi connectivity index (χ1n) is 38.4. The molecule has 0 spiro atoms. The SMILES string of the molecule is Cc1cc2ccccc2c2ccccc12.Cc1ccc(N(c2ccccc2)c2ccccc2)cc1.Cc1ccc([Si](C)(C)C)cc1.Cc1ccc2c3ccccc3c3ccccc3c2c1.Cc1ccc2ccc3cccc4ccc1c2c34.Cc1ccc2ccccc2c1.Cc1nnc(-c2ccccc2)n1-c1ccccc1. The molecule has 19 aromatic carbocycles. The maximum Gasteiger partial charge on any atom is 0.168 e. The van der Waals surface area contributed by atoms with Crippen molar-refractivity contribution in [3.05, 3.63) is 427 Å². The number of aryl methyl sites for hydroxylation is 7. The number of hydrogen-bond donors (Lipinski definition) is 0. The van der Waals surface area contributed by atoms with Gasteiger partial charge in [-0.1, -0.05) is 387 Å². The van der Waals surface area contributed by atoms with Crippen LogP contribution < -0.4 is 10.1 Å². The monoisotopic (exact) mass is 1450 g/mol. The van der Waals surface area contributed by atoms with E-state index < -0.39 is 8.07 Å². The van der Waals surface area contributed by atoms with Gasteiger partial charge in [-0.2, -0.15) is 0 Å². The largest absolute Gasteiger partial charge is 0.311 e. The topological polar surface area (TPSA) is 34.0 Å². The zero-order chi connectivity index (χ0) is 76.8. The summed E-state index contributed by atoms with van der Waals surface area (Å²) in [5.41, 5.74) is 13.6. The molecule has 0 aliphatic rings. The Balaban J connectivity index is 0.000000109. The second-order valence-corrected chi connectivity index (χ2v) is 34.8. The van der Waals surface area contributed by atoms with Crippen molar-refractivity contribution in [3.63, 3.8) is 0 Å². The van der Waals surface area contributed by atoms with Gasteiger partial charge in [0.2, 0.25) is 0 Å². The zero-order valence-electron chi connectivity index (χ0n) is 65.2. The van der Waals surface area contributed by atoms with Crippen molar-refractivity contribution in [1.82, 2.24) is 14.8 Å². The van der Waals surface area contributed by atoms with Crippen LogP contribution in [0, 0.1) is 48.5 Å². The number of fused-ring (bicyclic) bond motifs is 10. The molecule has 0 unspecified atom stereocenters. The molecule has 1 aromatic heterocycles. The van der Waals surface area contributed by atoms with Crippen LogP contribution in [-0.4, -0.2) is 22.8 Å². The highest BCUT2D eigenvalue weighted by Crippen LogP contribution is 2.39. The van der Waals surface area contributed by atoms with E-state index in [1.54, 1.807) is 5.19 Å². The molecule has 0 amide bonds. The Morgan fingerprint density at radius 2 is 0.631 bits per heavy atom. The minimum Gasteiger partial charge on any atom is -0.311 e. The van der Waals surface area contributed by atoms with E-state index in [9.17, 15) is 0 Å². The standard InChI is InChI=1S/C19H17N.C19H14.C17H12.C15H13N3.C15H12.C11H10.C10H16Si/c1-16-12-14-19(15-13-16)20(17-8-4-2-5-9-17)18-10-6-3-7-11-18;1-13-10-11-18-16-8-3-2-6-14(16)15-7-4-5-9-17(15)19(18)12-13;1-11-5-6-14-8-7-12-3-2-4-13-9-10-15(11)17(14)16(12)13;1-12-16-17-15(13-8-4-2-5-9-13)18(12)14-10-6-3-7-11-14;1-11-10-12-6-2-3-8-14(12)15-9-5-4-7-13(11)15;1-9-6-7-10-4-2-3-5-11(10)8-9;1-9-5-7-10(8-6-9)11(2,3)4/h2-15H,1H3;2-12H,1H3;2-10H,1H3;2-11H,1H3;2-10H,1H3;2-8H,1H3;5-8H,1-4H3. The molecule has 5 heteroatoms. The van der Waals surface area contributed by atoms with Crippen molar-refractivity contribution < 1.29 is 0 Å². The van der Waals surface area contributed by atoms with E-state index in [0.717, 1.165) is 22.9 Å². The molecular formula is C106H94N4Si. The molecule has 0 saturated carbocycles. The normalized spacial score (nSPS) is 11.0. The molecule has 0 N–H and O–H groups in total. The van der Waals surface area contributed by atoms with Crippen molar-refractivity contribution in [3.8, 4) is 17.1 Å². The molecular weight excluding hydrogens is 1360 g/mol. The summed E-state index contributed by atoms with van der Waals surface area (Å²) >= 11 is 0. The third-order valence-corrected chi connectivity index (χ3v) is 22.7. The van der Waals surface area contributed by atoms with Gasteiger partial charge in [0, 0.05) is 28.3 Å². The summed E-state index contributed by atoms with van der Waals surface area (Å²) in [4.78, 5) is 2.26. The van der Waals surface area contributed by atoms with Crippen LogP contribution in [0.2, 0.25) is 19.6 Å². The van der Waals surface area contributed by atoms with Gasteiger partial charge in [0.15, 0.2) is 5.82 Å². The lowest BCUT2D eigenvalue weighted by Crippen LogP contribution is -2.37. The van der Waals surface area contributed by atoms with E-state index in [1.165, 1.54) is 147 Å². The van der Waals surface area contributed by atoms with Gasteiger partial charge in [-0.15, -0.1) is 10.2 Å². The maximum absolute atomic E-state index is 4.28. The van der Waals surface area contributed by atoms with Crippen LogP contribution in [0.4, 0.5) is 17.1 Å². The summed E-state index contributed by atoms with van der Waals surface area (Å²) in [6.45, 7) is 22.0. The summed E-state index contributed by atoms with van der Waals surface area (Å²) in [5.74, 6) is 1.76. The van der Waals surface area contributed by atoms with E-state index in [2.05, 4.69) is 408 Å². The van der Waals surface area contributed by atoms with Crippen molar-refractivity contribution >= 4 is 127 Å². The average Bonchev–Trinajstić information content (AvgIpc) is 1.24. The summed E-state index contributed by atoms with van der Waals surface area (Å²) < 4.78 is 2.06. The number of benzene rings is 19. The summed E-state index contributed by atoms with van der Waals surface area (Å²) in [6.07, 6.45) is 0. The van der Waals surface area contributed by atoms with Gasteiger partial charge in [0.25, 0.3) is 0 Å². The van der Waals surface area contributed by atoms with Crippen LogP contribution in [-0.2, 0) is 0 Å². The Kier molecular flexibility index (Phi) is 23.2. The fourth-order valence-electron chi connectivity index (χ4n) is 14.8. The first-order valence-corrected chi connectivity index (χ1v) is 41.9. The Morgan fingerprint density at radius 1 is 0.243 bits per heavy atom. The molecule has 0 radical (unpaired) electrons. The molecule has 20 aromatic rings. The number of hydrogen-bond acceptors (Lipinski definition) is 3. The lowest BCUT2D eigenvalue weighted by Gasteiger charge is -2.25. The summed E-state index contributed by atoms with van der Waals surface area (Å²) in [6, 6.07) is 137. The van der Waals surface area contributed by atoms with Crippen molar-refractivity contribution in [2.45, 2.75) is 68.1 Å². The lowest BCUT2D eigenvalue weighted by atomic mass is 9.92. The van der Waals surface area contributed by atoms with E-state index in [0.29, 0.717) is 0 Å². The summed E-state index contributed by atoms with van der Waals surface area (Å²) in [5, 5.41) is 34.3. The predicted molar refractivity (Wildman–Crippen MR) is 485 cm³/mol. The molecule has 0 atom stereocenters. The molecule has 0 saturated heterocycles. The van der Waals surface area contributed by atoms with Gasteiger partial charge >= 0.3 is 0 Å².